The second-order valence-electron chi connectivity index (χ2n) is 11.7. The lowest BCUT2D eigenvalue weighted by molar-refractivity contribution is -0.147. The van der Waals surface area contributed by atoms with E-state index in [1.165, 1.54) is 0 Å². The standard InChI is InChI=1S/C29H33NO7/c1-13(2)7-6-8-14-11-18(28(3,4)5)23(32)21-17(14)10-15-9-16-12-19(31)22(27(30)36)26(35)29(16,37)25(34)20(15)24(21)33/h11,13,15-16,32-33,35,37H,7,9-10,12H2,1-5H3,(H2,30,36)/t15-,16+,29+/m1/s1. The van der Waals surface area contributed by atoms with Crippen LogP contribution in [0.2, 0.25) is 0 Å². The lowest BCUT2D eigenvalue weighted by Crippen LogP contribution is -2.58. The number of aliphatic hydroxyl groups excluding tert-OH is 2. The van der Waals surface area contributed by atoms with Gasteiger partial charge in [-0.3, -0.25) is 14.4 Å². The third-order valence-electron chi connectivity index (χ3n) is 7.61. The number of Topliss-reactive ketones (excluding diaryl/α,β-unsaturated/α-hetero) is 2. The maximum Gasteiger partial charge on any atom is 0.255 e. The monoisotopic (exact) mass is 507 g/mol. The van der Waals surface area contributed by atoms with Gasteiger partial charge in [0, 0.05) is 35.5 Å². The highest BCUT2D eigenvalue weighted by Gasteiger charge is 2.60. The first kappa shape index (κ1) is 26.5. The Bertz CT molecular complexity index is 1360. The van der Waals surface area contributed by atoms with Crippen molar-refractivity contribution in [1.29, 1.82) is 0 Å². The van der Waals surface area contributed by atoms with Gasteiger partial charge in [-0.15, -0.1) is 0 Å². The Labute approximate surface area is 215 Å². The van der Waals surface area contributed by atoms with E-state index in [1.54, 1.807) is 0 Å². The molecule has 196 valence electrons. The van der Waals surface area contributed by atoms with Crippen LogP contribution >= 0.6 is 0 Å². The molecule has 6 N–H and O–H groups in total. The van der Waals surface area contributed by atoms with Crippen LogP contribution in [0.4, 0.5) is 0 Å². The number of benzene rings is 1. The van der Waals surface area contributed by atoms with Gasteiger partial charge in [-0.1, -0.05) is 46.5 Å². The van der Waals surface area contributed by atoms with Crippen LogP contribution in [0, 0.1) is 29.6 Å². The van der Waals surface area contributed by atoms with Crippen LogP contribution in [-0.2, 0) is 26.2 Å². The molecule has 4 rings (SSSR count). The van der Waals surface area contributed by atoms with Gasteiger partial charge in [0.15, 0.2) is 11.4 Å². The zero-order chi connectivity index (χ0) is 27.6. The van der Waals surface area contributed by atoms with Crippen LogP contribution in [0.25, 0.3) is 5.76 Å². The smallest absolute Gasteiger partial charge is 0.255 e. The van der Waals surface area contributed by atoms with E-state index < -0.39 is 57.4 Å². The van der Waals surface area contributed by atoms with Gasteiger partial charge in [0.1, 0.15) is 22.8 Å². The molecule has 0 aliphatic heterocycles. The topological polar surface area (TPSA) is 158 Å². The number of rotatable bonds is 2. The largest absolute Gasteiger partial charge is 0.508 e. The molecule has 0 radical (unpaired) electrons. The molecule has 1 aromatic rings. The lowest BCUT2D eigenvalue weighted by Gasteiger charge is -2.46. The van der Waals surface area contributed by atoms with Crippen LogP contribution in [0.15, 0.2) is 23.0 Å². The Balaban J connectivity index is 1.97. The summed E-state index contributed by atoms with van der Waals surface area (Å²) >= 11 is 0. The average Bonchev–Trinajstić information content (AvgIpc) is 2.76. The summed E-state index contributed by atoms with van der Waals surface area (Å²) in [5, 5.41) is 44.8. The molecular formula is C29H33NO7. The Morgan fingerprint density at radius 1 is 1.19 bits per heavy atom. The molecule has 1 amide bonds. The summed E-state index contributed by atoms with van der Waals surface area (Å²) in [7, 11) is 0. The van der Waals surface area contributed by atoms with Crippen LogP contribution in [0.5, 0.6) is 5.75 Å². The number of carbonyl (C=O) groups excluding carboxylic acids is 3. The Morgan fingerprint density at radius 2 is 1.84 bits per heavy atom. The lowest BCUT2D eigenvalue weighted by atomic mass is 9.59. The van der Waals surface area contributed by atoms with Crippen molar-refractivity contribution in [2.45, 2.75) is 71.3 Å². The molecule has 0 aromatic heterocycles. The van der Waals surface area contributed by atoms with Crippen molar-refractivity contribution >= 4 is 23.2 Å². The summed E-state index contributed by atoms with van der Waals surface area (Å²) in [6.07, 6.45) is 0.624. The van der Waals surface area contributed by atoms with Crippen molar-refractivity contribution < 1.29 is 34.8 Å². The Morgan fingerprint density at radius 3 is 2.41 bits per heavy atom. The van der Waals surface area contributed by atoms with Gasteiger partial charge in [0.2, 0.25) is 5.78 Å². The van der Waals surface area contributed by atoms with E-state index >= 15 is 0 Å². The number of nitrogens with two attached hydrogens (primary N) is 1. The predicted molar refractivity (Wildman–Crippen MR) is 136 cm³/mol. The number of aromatic hydroxyl groups is 1. The summed E-state index contributed by atoms with van der Waals surface area (Å²) in [5.41, 5.74) is 3.03. The van der Waals surface area contributed by atoms with Crippen molar-refractivity contribution in [2.75, 3.05) is 0 Å². The molecule has 1 aromatic carbocycles. The molecule has 37 heavy (non-hydrogen) atoms. The van der Waals surface area contributed by atoms with E-state index in [4.69, 9.17) is 5.73 Å². The maximum absolute atomic E-state index is 13.7. The Hall–Kier alpha value is -3.57. The summed E-state index contributed by atoms with van der Waals surface area (Å²) in [4.78, 5) is 38.0. The number of amides is 1. The molecule has 0 unspecified atom stereocenters. The Kier molecular flexibility index (Phi) is 6.28. The van der Waals surface area contributed by atoms with Crippen molar-refractivity contribution in [3.63, 3.8) is 0 Å². The van der Waals surface area contributed by atoms with Gasteiger partial charge in [0.05, 0.1) is 5.56 Å². The van der Waals surface area contributed by atoms with Crippen LogP contribution in [-0.4, -0.2) is 43.5 Å². The number of phenols is 1. The van der Waals surface area contributed by atoms with E-state index in [0.717, 1.165) is 0 Å². The molecule has 3 atom stereocenters. The quantitative estimate of drug-likeness (QED) is 0.304. The number of fused-ring (bicyclic) bond motifs is 3. The fourth-order valence-electron chi connectivity index (χ4n) is 5.72. The summed E-state index contributed by atoms with van der Waals surface area (Å²) in [5.74, 6) is 0.355. The first-order chi connectivity index (χ1) is 17.1. The fraction of sp³-hybridized carbons (Fsp3) is 0.483. The van der Waals surface area contributed by atoms with Gasteiger partial charge in [-0.05, 0) is 41.7 Å². The van der Waals surface area contributed by atoms with Crippen molar-refractivity contribution in [3.05, 3.63) is 45.2 Å². The van der Waals surface area contributed by atoms with Gasteiger partial charge < -0.3 is 26.2 Å². The highest BCUT2D eigenvalue weighted by atomic mass is 16.3. The van der Waals surface area contributed by atoms with Crippen molar-refractivity contribution in [2.24, 2.45) is 23.5 Å². The molecule has 3 aliphatic carbocycles. The van der Waals surface area contributed by atoms with Crippen molar-refractivity contribution in [1.82, 2.24) is 0 Å². The third-order valence-corrected chi connectivity index (χ3v) is 7.61. The minimum Gasteiger partial charge on any atom is -0.508 e. The third kappa shape index (κ3) is 4.02. The molecule has 0 heterocycles. The molecular weight excluding hydrogens is 474 g/mol. The van der Waals surface area contributed by atoms with Gasteiger partial charge in [-0.25, -0.2) is 0 Å². The molecule has 8 heteroatoms. The van der Waals surface area contributed by atoms with E-state index in [0.29, 0.717) is 29.0 Å². The molecule has 1 saturated carbocycles. The second-order valence-corrected chi connectivity index (χ2v) is 11.7. The highest BCUT2D eigenvalue weighted by Crippen LogP contribution is 2.53. The average molecular weight is 508 g/mol. The molecule has 3 aliphatic rings. The second kappa shape index (κ2) is 8.77. The number of aliphatic hydroxyl groups is 3. The van der Waals surface area contributed by atoms with Gasteiger partial charge in [-0.2, -0.15) is 0 Å². The van der Waals surface area contributed by atoms with Crippen molar-refractivity contribution in [3.8, 4) is 17.6 Å². The number of primary amides is 1. The van der Waals surface area contributed by atoms with Gasteiger partial charge in [0.25, 0.3) is 5.91 Å². The fourth-order valence-corrected chi connectivity index (χ4v) is 5.72. The zero-order valence-corrected chi connectivity index (χ0v) is 21.7. The molecule has 8 nitrogen and oxygen atoms in total. The minimum atomic E-state index is -2.58. The first-order valence-electron chi connectivity index (χ1n) is 12.5. The number of ketones is 2. The molecule has 1 fully saturated rings. The molecule has 0 spiro atoms. The van der Waals surface area contributed by atoms with Crippen LogP contribution in [0.1, 0.15) is 76.1 Å². The number of hydrogen-bond donors (Lipinski definition) is 5. The number of phenolic OH excluding ortho intramolecular Hbond substituents is 1. The maximum atomic E-state index is 13.7. The summed E-state index contributed by atoms with van der Waals surface area (Å²) in [6, 6.07) is 1.82. The number of carbonyl (C=O) groups is 3. The van der Waals surface area contributed by atoms with E-state index in [9.17, 15) is 34.8 Å². The van der Waals surface area contributed by atoms with Gasteiger partial charge >= 0.3 is 0 Å². The van der Waals surface area contributed by atoms with E-state index in [-0.39, 0.29) is 36.1 Å². The summed E-state index contributed by atoms with van der Waals surface area (Å²) < 4.78 is 0. The highest BCUT2D eigenvalue weighted by molar-refractivity contribution is 6.22. The minimum absolute atomic E-state index is 0.0772. The predicted octanol–water partition coefficient (Wildman–Crippen LogP) is 3.12. The molecule has 0 saturated heterocycles. The molecule has 0 bridgehead atoms. The normalized spacial score (nSPS) is 25.4. The SMILES string of the molecule is CC(C)CC#Cc1cc(C(C)(C)C)c(O)c2c1C[C@H]1C[C@H]3CC(=O)C(C(N)=O)=C(O)[C@@]3(O)C(=O)C1=C2O. The summed E-state index contributed by atoms with van der Waals surface area (Å²) in [6.45, 7) is 9.82. The van der Waals surface area contributed by atoms with Crippen LogP contribution < -0.4 is 5.73 Å². The van der Waals surface area contributed by atoms with Crippen LogP contribution in [0.3, 0.4) is 0 Å². The van der Waals surface area contributed by atoms with E-state index in [1.807, 2.05) is 26.8 Å². The van der Waals surface area contributed by atoms with E-state index in [2.05, 4.69) is 25.7 Å². The number of hydrogen-bond acceptors (Lipinski definition) is 7. The first-order valence-corrected chi connectivity index (χ1v) is 12.5. The zero-order valence-electron chi connectivity index (χ0n) is 21.7.